The van der Waals surface area contributed by atoms with Crippen LogP contribution in [0.5, 0.6) is 0 Å². The predicted octanol–water partition coefficient (Wildman–Crippen LogP) is -0.163. The van der Waals surface area contributed by atoms with Gasteiger partial charge in [0.1, 0.15) is 12.4 Å². The maximum Gasteiger partial charge on any atom is 0.244 e. The van der Waals surface area contributed by atoms with E-state index >= 15 is 0 Å². The summed E-state index contributed by atoms with van der Waals surface area (Å²) in [6.45, 7) is 0.589. The van der Waals surface area contributed by atoms with Crippen molar-refractivity contribution in [2.45, 2.75) is 13.0 Å². The Balaban J connectivity index is 2.45. The largest absolute Gasteiger partial charge is 0.382 e. The number of carbonyl (C=O) groups excluding carboxylic acids is 1. The fourth-order valence-corrected chi connectivity index (χ4v) is 1.07. The van der Waals surface area contributed by atoms with Crippen molar-refractivity contribution < 1.29 is 4.79 Å². The molecule has 0 aliphatic carbocycles. The van der Waals surface area contributed by atoms with Gasteiger partial charge in [0.15, 0.2) is 0 Å². The molecule has 1 rings (SSSR count). The molecule has 2 N–H and O–H groups in total. The summed E-state index contributed by atoms with van der Waals surface area (Å²) in [4.78, 5) is 13.0. The number of rotatable bonds is 4. The Hall–Kier alpha value is -2.03. The average molecular weight is 207 g/mol. The van der Waals surface area contributed by atoms with Crippen molar-refractivity contribution in [3.63, 3.8) is 0 Å². The molecule has 0 radical (unpaired) electrons. The summed E-state index contributed by atoms with van der Waals surface area (Å²) in [5, 5.41) is 12.3. The maximum absolute atomic E-state index is 11.5. The van der Waals surface area contributed by atoms with Crippen LogP contribution in [0, 0.1) is 11.3 Å². The first-order chi connectivity index (χ1) is 7.13. The second kappa shape index (κ2) is 5.00. The molecule has 0 aromatic carbocycles. The smallest absolute Gasteiger partial charge is 0.244 e. The molecular formula is C9H13N5O. The van der Waals surface area contributed by atoms with Gasteiger partial charge in [-0.05, 0) is 6.07 Å². The molecule has 1 aromatic rings. The molecule has 0 aliphatic rings. The van der Waals surface area contributed by atoms with Crippen LogP contribution in [0.2, 0.25) is 0 Å². The maximum atomic E-state index is 11.5. The van der Waals surface area contributed by atoms with Crippen molar-refractivity contribution in [3.05, 3.63) is 12.3 Å². The summed E-state index contributed by atoms with van der Waals surface area (Å²) in [6.07, 6.45) is 1.98. The van der Waals surface area contributed by atoms with Crippen molar-refractivity contribution in [1.29, 1.82) is 5.26 Å². The summed E-state index contributed by atoms with van der Waals surface area (Å²) < 4.78 is 1.47. The van der Waals surface area contributed by atoms with E-state index in [9.17, 15) is 4.79 Å². The van der Waals surface area contributed by atoms with Gasteiger partial charge in [0.05, 0.1) is 12.5 Å². The highest BCUT2D eigenvalue weighted by Gasteiger charge is 2.09. The number of amides is 1. The highest BCUT2D eigenvalue weighted by Crippen LogP contribution is 1.97. The molecule has 0 atom stereocenters. The van der Waals surface area contributed by atoms with Crippen molar-refractivity contribution in [2.24, 2.45) is 0 Å². The standard InChI is InChI=1S/C9H13N5O/c1-13(5-2-4-10)9(15)7-14-6-3-8(11)12-14/h3,6H,2,5,7H2,1H3,(H2,11,12). The van der Waals surface area contributed by atoms with Crippen molar-refractivity contribution in [2.75, 3.05) is 19.3 Å². The SMILES string of the molecule is CN(CCC#N)C(=O)Cn1ccc(N)n1. The summed E-state index contributed by atoms with van der Waals surface area (Å²) in [5.74, 6) is 0.302. The molecule has 0 spiro atoms. The number of nitrogens with zero attached hydrogens (tertiary/aromatic N) is 4. The molecule has 6 nitrogen and oxygen atoms in total. The van der Waals surface area contributed by atoms with E-state index in [2.05, 4.69) is 5.10 Å². The van der Waals surface area contributed by atoms with Crippen LogP contribution >= 0.6 is 0 Å². The van der Waals surface area contributed by atoms with Crippen LogP contribution in [-0.4, -0.2) is 34.2 Å². The number of nitrogen functional groups attached to an aromatic ring is 1. The molecule has 1 aromatic heterocycles. The molecule has 0 fully saturated rings. The van der Waals surface area contributed by atoms with Crippen LogP contribution in [0.3, 0.4) is 0 Å². The first-order valence-electron chi connectivity index (χ1n) is 4.53. The number of carbonyl (C=O) groups is 1. The quantitative estimate of drug-likeness (QED) is 0.742. The van der Waals surface area contributed by atoms with Crippen LogP contribution in [0.4, 0.5) is 5.82 Å². The first kappa shape index (κ1) is 11.0. The van der Waals surface area contributed by atoms with Gasteiger partial charge < -0.3 is 10.6 Å². The van der Waals surface area contributed by atoms with Gasteiger partial charge in [-0.3, -0.25) is 9.48 Å². The van der Waals surface area contributed by atoms with E-state index in [-0.39, 0.29) is 12.5 Å². The van der Waals surface area contributed by atoms with Crippen LogP contribution in [0.1, 0.15) is 6.42 Å². The molecule has 0 saturated carbocycles. The van der Waals surface area contributed by atoms with E-state index in [1.54, 1.807) is 19.3 Å². The van der Waals surface area contributed by atoms with Crippen LogP contribution in [-0.2, 0) is 11.3 Å². The van der Waals surface area contributed by atoms with Gasteiger partial charge >= 0.3 is 0 Å². The van der Waals surface area contributed by atoms with Crippen molar-refractivity contribution in [1.82, 2.24) is 14.7 Å². The van der Waals surface area contributed by atoms with Crippen LogP contribution in [0.25, 0.3) is 0 Å². The van der Waals surface area contributed by atoms with Gasteiger partial charge in [-0.1, -0.05) is 0 Å². The second-order valence-electron chi connectivity index (χ2n) is 3.16. The lowest BCUT2D eigenvalue weighted by atomic mass is 10.4. The highest BCUT2D eigenvalue weighted by molar-refractivity contribution is 5.75. The molecule has 0 saturated heterocycles. The van der Waals surface area contributed by atoms with Crippen molar-refractivity contribution >= 4 is 11.7 Å². The Labute approximate surface area is 87.9 Å². The number of hydrogen-bond acceptors (Lipinski definition) is 4. The van der Waals surface area contributed by atoms with Gasteiger partial charge in [0, 0.05) is 19.8 Å². The number of anilines is 1. The molecule has 1 heterocycles. The lowest BCUT2D eigenvalue weighted by molar-refractivity contribution is -0.130. The number of nitrogens with two attached hydrogens (primary N) is 1. The Morgan fingerprint density at radius 3 is 3.07 bits per heavy atom. The number of hydrogen-bond donors (Lipinski definition) is 1. The zero-order valence-electron chi connectivity index (χ0n) is 8.55. The molecule has 6 heteroatoms. The molecule has 0 unspecified atom stereocenters. The van der Waals surface area contributed by atoms with E-state index in [0.717, 1.165) is 0 Å². The second-order valence-corrected chi connectivity index (χ2v) is 3.16. The van der Waals surface area contributed by atoms with E-state index in [1.807, 2.05) is 6.07 Å². The molecule has 0 bridgehead atoms. The zero-order chi connectivity index (χ0) is 11.3. The summed E-state index contributed by atoms with van der Waals surface area (Å²) in [5.41, 5.74) is 5.41. The van der Waals surface area contributed by atoms with Gasteiger partial charge in [0.2, 0.25) is 5.91 Å². The minimum Gasteiger partial charge on any atom is -0.382 e. The van der Waals surface area contributed by atoms with E-state index < -0.39 is 0 Å². The lowest BCUT2D eigenvalue weighted by Gasteiger charge is -2.14. The summed E-state index contributed by atoms with van der Waals surface area (Å²) in [7, 11) is 1.66. The minimum atomic E-state index is -0.0895. The molecule has 1 amide bonds. The fraction of sp³-hybridized carbons (Fsp3) is 0.444. The zero-order valence-corrected chi connectivity index (χ0v) is 8.55. The Kier molecular flexibility index (Phi) is 3.68. The monoisotopic (exact) mass is 207 g/mol. The van der Waals surface area contributed by atoms with E-state index in [0.29, 0.717) is 18.8 Å². The van der Waals surface area contributed by atoms with Gasteiger partial charge in [0.25, 0.3) is 0 Å². The Morgan fingerprint density at radius 2 is 2.53 bits per heavy atom. The van der Waals surface area contributed by atoms with Crippen LogP contribution < -0.4 is 5.73 Å². The topological polar surface area (TPSA) is 87.9 Å². The third-order valence-electron chi connectivity index (χ3n) is 1.94. The van der Waals surface area contributed by atoms with Crippen molar-refractivity contribution in [3.8, 4) is 6.07 Å². The van der Waals surface area contributed by atoms with Gasteiger partial charge in [-0.2, -0.15) is 10.4 Å². The van der Waals surface area contributed by atoms with E-state index in [4.69, 9.17) is 11.0 Å². The van der Waals surface area contributed by atoms with Crippen LogP contribution in [0.15, 0.2) is 12.3 Å². The lowest BCUT2D eigenvalue weighted by Crippen LogP contribution is -2.31. The molecule has 0 aliphatic heterocycles. The summed E-state index contributed by atoms with van der Waals surface area (Å²) >= 11 is 0. The van der Waals surface area contributed by atoms with E-state index in [1.165, 1.54) is 9.58 Å². The molecule has 80 valence electrons. The number of nitriles is 1. The third-order valence-corrected chi connectivity index (χ3v) is 1.94. The Bertz CT molecular complexity index is 378. The number of aromatic nitrogens is 2. The highest BCUT2D eigenvalue weighted by atomic mass is 16.2. The molecule has 15 heavy (non-hydrogen) atoms. The average Bonchev–Trinajstić information content (AvgIpc) is 2.60. The van der Waals surface area contributed by atoms with Gasteiger partial charge in [-0.15, -0.1) is 0 Å². The predicted molar refractivity (Wildman–Crippen MR) is 54.5 cm³/mol. The summed E-state index contributed by atoms with van der Waals surface area (Å²) in [6, 6.07) is 3.61. The Morgan fingerprint density at radius 1 is 1.80 bits per heavy atom. The number of likely N-dealkylation sites (N-methyl/N-ethyl adjacent to an activating group) is 1. The molecular weight excluding hydrogens is 194 g/mol. The normalized spacial score (nSPS) is 9.60. The third kappa shape index (κ3) is 3.31. The van der Waals surface area contributed by atoms with Gasteiger partial charge in [-0.25, -0.2) is 0 Å². The first-order valence-corrected chi connectivity index (χ1v) is 4.53. The minimum absolute atomic E-state index is 0.0895. The fourth-order valence-electron chi connectivity index (χ4n) is 1.07.